The number of hydrogen-bond donors (Lipinski definition) is 1. The van der Waals surface area contributed by atoms with Crippen molar-refractivity contribution in [3.8, 4) is 0 Å². The van der Waals surface area contributed by atoms with Crippen LogP contribution in [0.1, 0.15) is 31.7 Å². The molecule has 1 saturated carbocycles. The first kappa shape index (κ1) is 11.9. The third kappa shape index (κ3) is 2.55. The van der Waals surface area contributed by atoms with Crippen LogP contribution in [-0.2, 0) is 6.54 Å². The van der Waals surface area contributed by atoms with E-state index in [-0.39, 0.29) is 5.82 Å². The average molecular weight is 242 g/mol. The Morgan fingerprint density at radius 1 is 1.44 bits per heavy atom. The Hall–Kier alpha value is -0.600. The summed E-state index contributed by atoms with van der Waals surface area (Å²) in [4.78, 5) is 0. The summed E-state index contributed by atoms with van der Waals surface area (Å²) >= 11 is 5.95. The minimum Gasteiger partial charge on any atom is -0.312 e. The number of hydrogen-bond acceptors (Lipinski definition) is 1. The van der Waals surface area contributed by atoms with Crippen LogP contribution in [0.4, 0.5) is 4.39 Å². The molecular formula is C13H17ClFN. The zero-order chi connectivity index (χ0) is 11.6. The second kappa shape index (κ2) is 4.72. The Balaban J connectivity index is 1.90. The van der Waals surface area contributed by atoms with E-state index in [9.17, 15) is 4.39 Å². The van der Waals surface area contributed by atoms with Gasteiger partial charge >= 0.3 is 0 Å². The highest BCUT2D eigenvalue weighted by atomic mass is 35.5. The van der Waals surface area contributed by atoms with E-state index in [1.165, 1.54) is 25.3 Å². The van der Waals surface area contributed by atoms with Crippen LogP contribution in [0.15, 0.2) is 18.2 Å². The highest BCUT2D eigenvalue weighted by molar-refractivity contribution is 6.31. The first-order valence-corrected chi connectivity index (χ1v) is 6.18. The Morgan fingerprint density at radius 3 is 2.75 bits per heavy atom. The Kier molecular flexibility index (Phi) is 3.50. The van der Waals surface area contributed by atoms with Gasteiger partial charge in [-0.15, -0.1) is 0 Å². The summed E-state index contributed by atoms with van der Waals surface area (Å²) in [5.41, 5.74) is 1.06. The van der Waals surface area contributed by atoms with Crippen molar-refractivity contribution in [1.29, 1.82) is 0 Å². The molecule has 16 heavy (non-hydrogen) atoms. The van der Waals surface area contributed by atoms with E-state index in [1.807, 2.05) is 0 Å². The van der Waals surface area contributed by atoms with Crippen molar-refractivity contribution < 1.29 is 4.39 Å². The van der Waals surface area contributed by atoms with E-state index in [1.54, 1.807) is 12.1 Å². The van der Waals surface area contributed by atoms with Crippen LogP contribution in [0.5, 0.6) is 0 Å². The molecule has 0 atom stereocenters. The normalized spacial score (nSPS) is 17.4. The SMILES string of the molecule is CCC1(CNCc2c(F)cccc2Cl)CC1. The smallest absolute Gasteiger partial charge is 0.129 e. The van der Waals surface area contributed by atoms with E-state index in [0.717, 1.165) is 6.54 Å². The highest BCUT2D eigenvalue weighted by Crippen LogP contribution is 2.47. The molecule has 0 aliphatic heterocycles. The van der Waals surface area contributed by atoms with Gasteiger partial charge in [-0.25, -0.2) is 4.39 Å². The van der Waals surface area contributed by atoms with Gasteiger partial charge in [0.05, 0.1) is 0 Å². The maximum Gasteiger partial charge on any atom is 0.129 e. The fraction of sp³-hybridized carbons (Fsp3) is 0.538. The van der Waals surface area contributed by atoms with E-state index in [2.05, 4.69) is 12.2 Å². The summed E-state index contributed by atoms with van der Waals surface area (Å²) in [7, 11) is 0. The molecule has 1 aromatic rings. The van der Waals surface area contributed by atoms with Gasteiger partial charge in [-0.1, -0.05) is 24.6 Å². The van der Waals surface area contributed by atoms with E-state index >= 15 is 0 Å². The van der Waals surface area contributed by atoms with Gasteiger partial charge in [-0.2, -0.15) is 0 Å². The van der Waals surface area contributed by atoms with Gasteiger partial charge in [0.15, 0.2) is 0 Å². The minimum atomic E-state index is -0.221. The molecule has 0 unspecified atom stereocenters. The van der Waals surface area contributed by atoms with Crippen molar-refractivity contribution in [2.24, 2.45) is 5.41 Å². The summed E-state index contributed by atoms with van der Waals surface area (Å²) in [5, 5.41) is 3.82. The van der Waals surface area contributed by atoms with Crippen LogP contribution in [0.2, 0.25) is 5.02 Å². The summed E-state index contributed by atoms with van der Waals surface area (Å²) in [6.45, 7) is 3.70. The van der Waals surface area contributed by atoms with Crippen LogP contribution in [0.25, 0.3) is 0 Å². The molecule has 1 aliphatic rings. The monoisotopic (exact) mass is 241 g/mol. The van der Waals surface area contributed by atoms with Gasteiger partial charge in [0.1, 0.15) is 5.82 Å². The molecule has 0 saturated heterocycles. The lowest BCUT2D eigenvalue weighted by atomic mass is 10.0. The molecule has 0 radical (unpaired) electrons. The second-order valence-electron chi connectivity index (χ2n) is 4.66. The molecule has 88 valence electrons. The molecule has 0 spiro atoms. The van der Waals surface area contributed by atoms with Crippen LogP contribution in [0.3, 0.4) is 0 Å². The lowest BCUT2D eigenvalue weighted by molar-refractivity contribution is 0.440. The Bertz CT molecular complexity index is 354. The lowest BCUT2D eigenvalue weighted by Gasteiger charge is -2.14. The number of rotatable bonds is 5. The topological polar surface area (TPSA) is 12.0 Å². The number of benzene rings is 1. The van der Waals surface area contributed by atoms with Gasteiger partial charge in [0, 0.05) is 23.7 Å². The quantitative estimate of drug-likeness (QED) is 0.828. The maximum absolute atomic E-state index is 13.4. The summed E-state index contributed by atoms with van der Waals surface area (Å²) in [5.74, 6) is -0.221. The molecule has 0 bridgehead atoms. The van der Waals surface area contributed by atoms with Gasteiger partial charge < -0.3 is 5.32 Å². The van der Waals surface area contributed by atoms with Crippen LogP contribution < -0.4 is 5.32 Å². The molecule has 1 aliphatic carbocycles. The first-order chi connectivity index (χ1) is 7.67. The molecule has 3 heteroatoms. The fourth-order valence-electron chi connectivity index (χ4n) is 1.99. The predicted molar refractivity (Wildman–Crippen MR) is 65.1 cm³/mol. The molecule has 0 heterocycles. The lowest BCUT2D eigenvalue weighted by Crippen LogP contribution is -2.23. The zero-order valence-electron chi connectivity index (χ0n) is 9.52. The fourth-order valence-corrected chi connectivity index (χ4v) is 2.22. The Morgan fingerprint density at radius 2 is 2.19 bits per heavy atom. The van der Waals surface area contributed by atoms with Crippen LogP contribution >= 0.6 is 11.6 Å². The zero-order valence-corrected chi connectivity index (χ0v) is 10.3. The van der Waals surface area contributed by atoms with Gasteiger partial charge in [0.25, 0.3) is 0 Å². The van der Waals surface area contributed by atoms with E-state index < -0.39 is 0 Å². The molecular weight excluding hydrogens is 225 g/mol. The summed E-state index contributed by atoms with van der Waals surface area (Å²) in [6, 6.07) is 4.82. The average Bonchev–Trinajstić information content (AvgIpc) is 3.03. The molecule has 1 nitrogen and oxygen atoms in total. The second-order valence-corrected chi connectivity index (χ2v) is 5.06. The molecule has 1 aromatic carbocycles. The number of halogens is 2. The number of nitrogens with one attached hydrogen (secondary N) is 1. The first-order valence-electron chi connectivity index (χ1n) is 5.80. The third-order valence-electron chi connectivity index (χ3n) is 3.57. The van der Waals surface area contributed by atoms with Crippen molar-refractivity contribution in [2.45, 2.75) is 32.7 Å². The van der Waals surface area contributed by atoms with Gasteiger partial charge in [-0.3, -0.25) is 0 Å². The van der Waals surface area contributed by atoms with Crippen LogP contribution in [0, 0.1) is 11.2 Å². The summed E-state index contributed by atoms with van der Waals surface area (Å²) in [6.07, 6.45) is 3.79. The van der Waals surface area contributed by atoms with Crippen molar-refractivity contribution in [3.63, 3.8) is 0 Å². The van der Waals surface area contributed by atoms with E-state index in [0.29, 0.717) is 22.5 Å². The summed E-state index contributed by atoms with van der Waals surface area (Å²) < 4.78 is 13.4. The molecule has 1 N–H and O–H groups in total. The maximum atomic E-state index is 13.4. The van der Waals surface area contributed by atoms with Gasteiger partial charge in [-0.05, 0) is 36.8 Å². The van der Waals surface area contributed by atoms with Crippen molar-refractivity contribution in [3.05, 3.63) is 34.6 Å². The largest absolute Gasteiger partial charge is 0.312 e. The molecule has 2 rings (SSSR count). The highest BCUT2D eigenvalue weighted by Gasteiger charge is 2.39. The standard InChI is InChI=1S/C13H17ClFN/c1-2-13(6-7-13)9-16-8-10-11(14)4-3-5-12(10)15/h3-5,16H,2,6-9H2,1H3. The van der Waals surface area contributed by atoms with Crippen molar-refractivity contribution in [2.75, 3.05) is 6.54 Å². The minimum absolute atomic E-state index is 0.221. The Labute approximate surface area is 101 Å². The van der Waals surface area contributed by atoms with E-state index in [4.69, 9.17) is 11.6 Å². The molecule has 1 fully saturated rings. The molecule has 0 aromatic heterocycles. The van der Waals surface area contributed by atoms with Crippen LogP contribution in [-0.4, -0.2) is 6.54 Å². The molecule has 0 amide bonds. The third-order valence-corrected chi connectivity index (χ3v) is 3.92. The predicted octanol–water partition coefficient (Wildman–Crippen LogP) is 3.76. The van der Waals surface area contributed by atoms with Gasteiger partial charge in [0.2, 0.25) is 0 Å². The van der Waals surface area contributed by atoms with Crippen molar-refractivity contribution in [1.82, 2.24) is 5.32 Å². The van der Waals surface area contributed by atoms with Crippen molar-refractivity contribution >= 4 is 11.6 Å².